The molecule has 3 heterocycles. The van der Waals surface area contributed by atoms with Gasteiger partial charge < -0.3 is 29.7 Å². The number of phosphoric ester groups is 1. The summed E-state index contributed by atoms with van der Waals surface area (Å²) in [4.78, 5) is 39.5. The fourth-order valence-electron chi connectivity index (χ4n) is 2.43. The van der Waals surface area contributed by atoms with Gasteiger partial charge in [-0.15, -0.1) is 0 Å². The number of aromatic amines is 1. The van der Waals surface area contributed by atoms with Gasteiger partial charge in [-0.25, -0.2) is 14.5 Å². The summed E-state index contributed by atoms with van der Waals surface area (Å²) in [6, 6.07) is 0. The lowest BCUT2D eigenvalue weighted by molar-refractivity contribution is -0.0509. The fourth-order valence-corrected chi connectivity index (χ4v) is 3.01. The Morgan fingerprint density at radius 3 is 2.83 bits per heavy atom. The topological polar surface area (TPSA) is 180 Å². The van der Waals surface area contributed by atoms with E-state index in [1.54, 1.807) is 0 Å². The van der Waals surface area contributed by atoms with Crippen molar-refractivity contribution in [3.05, 3.63) is 23.0 Å². The molecule has 1 aliphatic heterocycles. The van der Waals surface area contributed by atoms with E-state index in [-0.39, 0.29) is 11.2 Å². The number of imidazole rings is 1. The highest BCUT2D eigenvalue weighted by atomic mass is 31.2. The molecule has 3 rings (SSSR count). The third kappa shape index (κ3) is 2.93. The van der Waals surface area contributed by atoms with E-state index in [4.69, 9.17) is 14.5 Å². The number of fused-ring (bicyclic) bond motifs is 1. The van der Waals surface area contributed by atoms with Crippen molar-refractivity contribution >= 4 is 19.0 Å². The molecule has 1 fully saturated rings. The number of aliphatic hydroxyl groups excluding tert-OH is 2. The van der Waals surface area contributed by atoms with Crippen LogP contribution in [0.15, 0.2) is 17.4 Å². The molecule has 126 valence electrons. The van der Waals surface area contributed by atoms with Crippen LogP contribution < -0.4 is 5.56 Å². The number of rotatable bonds is 4. The van der Waals surface area contributed by atoms with Crippen LogP contribution in [0.5, 0.6) is 0 Å². The van der Waals surface area contributed by atoms with E-state index in [1.807, 2.05) is 0 Å². The standard InChI is InChI=1S/C10H13N4O8P/c15-1-4-7(22-23(18,19)20)6(16)10(21-4)14-3-13-5-8(14)11-2-12-9(5)17/h2-4,6-7,10,15-16H,1H2,(H,11,12,17)(H2,18,19,20)/t4-,6+,7+,10-/m0/s1. The van der Waals surface area contributed by atoms with Crippen LogP contribution in [-0.4, -0.2) is 64.4 Å². The number of ether oxygens (including phenoxy) is 1. The lowest BCUT2D eigenvalue weighted by Crippen LogP contribution is -2.35. The van der Waals surface area contributed by atoms with Gasteiger partial charge in [0.2, 0.25) is 0 Å². The van der Waals surface area contributed by atoms with Crippen molar-refractivity contribution in [3.63, 3.8) is 0 Å². The SMILES string of the molecule is O=c1[nH]cnc2c1ncn2[C@H]1O[C@@H](CO)[C@@H](OP(=O)(O)O)[C@H]1O. The second-order valence-electron chi connectivity index (χ2n) is 4.85. The minimum Gasteiger partial charge on any atom is -0.394 e. The van der Waals surface area contributed by atoms with Gasteiger partial charge in [-0.3, -0.25) is 13.9 Å². The minimum atomic E-state index is -4.91. The van der Waals surface area contributed by atoms with E-state index >= 15 is 0 Å². The van der Waals surface area contributed by atoms with E-state index in [2.05, 4.69) is 19.5 Å². The molecule has 1 saturated heterocycles. The monoisotopic (exact) mass is 348 g/mol. The molecule has 0 spiro atoms. The normalized spacial score (nSPS) is 28.5. The molecular weight excluding hydrogens is 335 g/mol. The van der Waals surface area contributed by atoms with E-state index < -0.39 is 44.5 Å². The van der Waals surface area contributed by atoms with E-state index in [0.29, 0.717) is 0 Å². The maximum atomic E-state index is 11.6. The third-order valence-corrected chi connectivity index (χ3v) is 3.91. The first kappa shape index (κ1) is 16.2. The first-order valence-electron chi connectivity index (χ1n) is 6.40. The Balaban J connectivity index is 1.98. The van der Waals surface area contributed by atoms with Gasteiger partial charge in [0.15, 0.2) is 17.4 Å². The lowest BCUT2D eigenvalue weighted by atomic mass is 10.1. The number of H-pyrrole nitrogens is 1. The maximum Gasteiger partial charge on any atom is 0.470 e. The molecule has 2 aromatic rings. The first-order valence-corrected chi connectivity index (χ1v) is 7.93. The highest BCUT2D eigenvalue weighted by Crippen LogP contribution is 2.43. The van der Waals surface area contributed by atoms with Crippen molar-refractivity contribution < 1.29 is 33.8 Å². The van der Waals surface area contributed by atoms with Crippen LogP contribution in [0.4, 0.5) is 0 Å². The fraction of sp³-hybridized carbons (Fsp3) is 0.500. The number of phosphoric acid groups is 1. The smallest absolute Gasteiger partial charge is 0.394 e. The highest BCUT2D eigenvalue weighted by Gasteiger charge is 2.48. The molecule has 0 aromatic carbocycles. The zero-order valence-electron chi connectivity index (χ0n) is 11.4. The first-order chi connectivity index (χ1) is 10.8. The lowest BCUT2D eigenvalue weighted by Gasteiger charge is -2.19. The Bertz CT molecular complexity index is 815. The van der Waals surface area contributed by atoms with Crippen LogP contribution in [0.25, 0.3) is 11.2 Å². The van der Waals surface area contributed by atoms with Crippen molar-refractivity contribution in [2.75, 3.05) is 6.61 Å². The van der Waals surface area contributed by atoms with Gasteiger partial charge in [0.25, 0.3) is 5.56 Å². The van der Waals surface area contributed by atoms with Gasteiger partial charge in [0.05, 0.1) is 19.3 Å². The van der Waals surface area contributed by atoms with Crippen LogP contribution in [0, 0.1) is 0 Å². The molecule has 0 amide bonds. The van der Waals surface area contributed by atoms with Gasteiger partial charge in [-0.2, -0.15) is 0 Å². The van der Waals surface area contributed by atoms with Crippen LogP contribution >= 0.6 is 7.82 Å². The second-order valence-corrected chi connectivity index (χ2v) is 6.05. The Kier molecular flexibility index (Phi) is 4.06. The summed E-state index contributed by atoms with van der Waals surface area (Å²) < 4.78 is 22.1. The summed E-state index contributed by atoms with van der Waals surface area (Å²) in [7, 11) is -4.91. The quantitative estimate of drug-likeness (QED) is 0.382. The average Bonchev–Trinajstić information content (AvgIpc) is 3.01. The number of hydrogen-bond acceptors (Lipinski definition) is 8. The van der Waals surface area contributed by atoms with Gasteiger partial charge >= 0.3 is 7.82 Å². The molecule has 4 atom stereocenters. The van der Waals surface area contributed by atoms with Gasteiger partial charge in [0, 0.05) is 0 Å². The van der Waals surface area contributed by atoms with Gasteiger partial charge in [-0.05, 0) is 0 Å². The third-order valence-electron chi connectivity index (χ3n) is 3.39. The molecule has 0 saturated carbocycles. The van der Waals surface area contributed by atoms with Crippen LogP contribution in [0.1, 0.15) is 6.23 Å². The van der Waals surface area contributed by atoms with E-state index in [0.717, 1.165) is 6.33 Å². The van der Waals surface area contributed by atoms with Crippen molar-refractivity contribution in [1.82, 2.24) is 19.5 Å². The van der Waals surface area contributed by atoms with Crippen LogP contribution in [0.3, 0.4) is 0 Å². The zero-order chi connectivity index (χ0) is 16.8. The Morgan fingerprint density at radius 1 is 1.43 bits per heavy atom. The number of aliphatic hydroxyl groups is 2. The predicted octanol–water partition coefficient (Wildman–Crippen LogP) is -2.15. The van der Waals surface area contributed by atoms with Crippen molar-refractivity contribution in [2.45, 2.75) is 24.5 Å². The Morgan fingerprint density at radius 2 is 2.17 bits per heavy atom. The van der Waals surface area contributed by atoms with Gasteiger partial charge in [0.1, 0.15) is 18.3 Å². The summed E-state index contributed by atoms with van der Waals surface area (Å²) >= 11 is 0. The molecule has 0 aliphatic carbocycles. The summed E-state index contributed by atoms with van der Waals surface area (Å²) in [6.45, 7) is -0.640. The summed E-state index contributed by atoms with van der Waals surface area (Å²) in [5.41, 5.74) is -0.391. The van der Waals surface area contributed by atoms with Crippen LogP contribution in [0.2, 0.25) is 0 Å². The van der Waals surface area contributed by atoms with Gasteiger partial charge in [-0.1, -0.05) is 0 Å². The molecule has 12 nitrogen and oxygen atoms in total. The van der Waals surface area contributed by atoms with Crippen molar-refractivity contribution in [3.8, 4) is 0 Å². The molecule has 0 unspecified atom stereocenters. The summed E-state index contributed by atoms with van der Waals surface area (Å²) in [5, 5.41) is 19.5. The number of nitrogens with zero attached hydrogens (tertiary/aromatic N) is 3. The number of hydrogen-bond donors (Lipinski definition) is 5. The number of aromatic nitrogens is 4. The summed E-state index contributed by atoms with van der Waals surface area (Å²) in [5.74, 6) is 0. The predicted molar refractivity (Wildman–Crippen MR) is 72.1 cm³/mol. The molecule has 5 N–H and O–H groups in total. The van der Waals surface area contributed by atoms with Crippen molar-refractivity contribution in [2.24, 2.45) is 0 Å². The minimum absolute atomic E-state index is 0.00297. The molecule has 13 heteroatoms. The second kappa shape index (κ2) is 5.76. The molecule has 1 aliphatic rings. The molecule has 2 aromatic heterocycles. The molecule has 23 heavy (non-hydrogen) atoms. The Hall–Kier alpha value is -1.66. The zero-order valence-corrected chi connectivity index (χ0v) is 12.3. The van der Waals surface area contributed by atoms with E-state index in [9.17, 15) is 19.6 Å². The Labute approximate surface area is 127 Å². The van der Waals surface area contributed by atoms with E-state index in [1.165, 1.54) is 10.9 Å². The molecule has 0 bridgehead atoms. The molecular formula is C10H13N4O8P. The summed E-state index contributed by atoms with van der Waals surface area (Å²) in [6.07, 6.45) is -3.04. The van der Waals surface area contributed by atoms with Crippen LogP contribution in [-0.2, 0) is 13.8 Å². The highest BCUT2D eigenvalue weighted by molar-refractivity contribution is 7.46. The van der Waals surface area contributed by atoms with Crippen molar-refractivity contribution in [1.29, 1.82) is 0 Å². The largest absolute Gasteiger partial charge is 0.470 e. The molecule has 0 radical (unpaired) electrons. The number of nitrogens with one attached hydrogen (secondary N) is 1. The average molecular weight is 348 g/mol. The maximum absolute atomic E-state index is 11.6.